The Hall–Kier alpha value is -0.900. The number of sulfonamides is 1. The van der Waals surface area contributed by atoms with Gasteiger partial charge in [0.05, 0.1) is 0 Å². The molecule has 0 atom stereocenters. The second-order valence-corrected chi connectivity index (χ2v) is 7.28. The standard InChI is InChI=1S/C12H19F4NO4S/c1-2-17(8-10(18)19)22(20,21)12(15,16)11(13,14)9-6-4-3-5-7-9/h9H,2-8H2,1H3,(H,18,19). The molecule has 130 valence electrons. The van der Waals surface area contributed by atoms with Gasteiger partial charge in [0.25, 0.3) is 10.0 Å². The Balaban J connectivity index is 3.14. The summed E-state index contributed by atoms with van der Waals surface area (Å²) in [5.74, 6) is -8.16. The van der Waals surface area contributed by atoms with Crippen molar-refractivity contribution in [2.75, 3.05) is 13.1 Å². The van der Waals surface area contributed by atoms with Crippen molar-refractivity contribution in [2.45, 2.75) is 50.2 Å². The third kappa shape index (κ3) is 3.37. The van der Waals surface area contributed by atoms with Crippen LogP contribution in [0.3, 0.4) is 0 Å². The molecule has 0 bridgehead atoms. The van der Waals surface area contributed by atoms with Crippen molar-refractivity contribution in [1.29, 1.82) is 0 Å². The van der Waals surface area contributed by atoms with Crippen molar-refractivity contribution in [2.24, 2.45) is 5.92 Å². The van der Waals surface area contributed by atoms with Crippen LogP contribution >= 0.6 is 0 Å². The number of carboxylic acids is 1. The summed E-state index contributed by atoms with van der Waals surface area (Å²) >= 11 is 0. The van der Waals surface area contributed by atoms with Crippen LogP contribution in [0.15, 0.2) is 0 Å². The molecule has 1 rings (SSSR count). The fourth-order valence-electron chi connectivity index (χ4n) is 2.55. The van der Waals surface area contributed by atoms with Crippen LogP contribution < -0.4 is 0 Å². The highest BCUT2D eigenvalue weighted by molar-refractivity contribution is 7.90. The Labute approximate surface area is 126 Å². The van der Waals surface area contributed by atoms with Gasteiger partial charge in [0.2, 0.25) is 0 Å². The number of hydrogen-bond donors (Lipinski definition) is 1. The van der Waals surface area contributed by atoms with Gasteiger partial charge in [-0.25, -0.2) is 8.42 Å². The van der Waals surface area contributed by atoms with Crippen molar-refractivity contribution in [1.82, 2.24) is 4.31 Å². The number of aliphatic carboxylic acids is 1. The molecular formula is C12H19F4NO4S. The molecule has 1 aliphatic carbocycles. The molecule has 0 heterocycles. The maximum absolute atomic E-state index is 14.1. The average molecular weight is 349 g/mol. The molecule has 0 unspecified atom stereocenters. The molecule has 0 amide bonds. The lowest BCUT2D eigenvalue weighted by Gasteiger charge is -2.36. The largest absolute Gasteiger partial charge is 0.480 e. The Morgan fingerprint density at radius 1 is 1.18 bits per heavy atom. The lowest BCUT2D eigenvalue weighted by atomic mass is 9.84. The van der Waals surface area contributed by atoms with Crippen LogP contribution in [0, 0.1) is 5.92 Å². The van der Waals surface area contributed by atoms with Gasteiger partial charge in [0.1, 0.15) is 6.54 Å². The smallest absolute Gasteiger partial charge is 0.421 e. The number of carbonyl (C=O) groups is 1. The van der Waals surface area contributed by atoms with E-state index in [0.29, 0.717) is 19.3 Å². The van der Waals surface area contributed by atoms with Gasteiger partial charge in [-0.2, -0.15) is 21.9 Å². The van der Waals surface area contributed by atoms with Gasteiger partial charge in [0, 0.05) is 12.5 Å². The highest BCUT2D eigenvalue weighted by Crippen LogP contribution is 2.49. The van der Waals surface area contributed by atoms with E-state index < -0.39 is 46.2 Å². The molecule has 0 saturated heterocycles. The lowest BCUT2D eigenvalue weighted by Crippen LogP contribution is -2.57. The fraction of sp³-hybridized carbons (Fsp3) is 0.917. The molecule has 0 spiro atoms. The van der Waals surface area contributed by atoms with Gasteiger partial charge >= 0.3 is 17.1 Å². The first-order valence-corrected chi connectivity index (χ1v) is 8.39. The van der Waals surface area contributed by atoms with Crippen molar-refractivity contribution in [3.63, 3.8) is 0 Å². The summed E-state index contributed by atoms with van der Waals surface area (Å²) in [6.45, 7) is -0.810. The number of likely N-dealkylation sites (N-methyl/N-ethyl adjacent to an activating group) is 1. The van der Waals surface area contributed by atoms with Gasteiger partial charge in [-0.3, -0.25) is 4.79 Å². The zero-order valence-electron chi connectivity index (χ0n) is 12.1. The van der Waals surface area contributed by atoms with E-state index in [-0.39, 0.29) is 17.1 Å². The number of hydrogen-bond acceptors (Lipinski definition) is 3. The zero-order chi connectivity index (χ0) is 17.2. The second kappa shape index (κ2) is 6.69. The Bertz CT molecular complexity index is 503. The Morgan fingerprint density at radius 3 is 2.09 bits per heavy atom. The number of alkyl halides is 4. The van der Waals surface area contributed by atoms with Crippen LogP contribution in [0.25, 0.3) is 0 Å². The van der Waals surface area contributed by atoms with Gasteiger partial charge in [-0.05, 0) is 12.8 Å². The van der Waals surface area contributed by atoms with Crippen LogP contribution in [0.4, 0.5) is 17.6 Å². The fourth-order valence-corrected chi connectivity index (χ4v) is 4.01. The maximum atomic E-state index is 14.1. The van der Waals surface area contributed by atoms with Crippen LogP contribution in [0.2, 0.25) is 0 Å². The van der Waals surface area contributed by atoms with Gasteiger partial charge < -0.3 is 5.11 Å². The second-order valence-electron chi connectivity index (χ2n) is 5.30. The number of nitrogens with zero attached hydrogens (tertiary/aromatic N) is 1. The van der Waals surface area contributed by atoms with E-state index in [1.807, 2.05) is 0 Å². The molecule has 0 aromatic heterocycles. The number of carboxylic acid groups (broad SMARTS) is 1. The summed E-state index contributed by atoms with van der Waals surface area (Å²) in [5, 5.41) is 3.22. The third-order valence-corrected chi connectivity index (χ3v) is 5.82. The molecule has 1 aliphatic rings. The van der Waals surface area contributed by atoms with Crippen LogP contribution in [-0.2, 0) is 14.8 Å². The predicted octanol–water partition coefficient (Wildman–Crippen LogP) is 2.53. The molecule has 0 aromatic carbocycles. The van der Waals surface area contributed by atoms with E-state index in [2.05, 4.69) is 0 Å². The molecule has 0 aliphatic heterocycles. The molecular weight excluding hydrogens is 330 g/mol. The predicted molar refractivity (Wildman–Crippen MR) is 70.3 cm³/mol. The van der Waals surface area contributed by atoms with E-state index in [0.717, 1.165) is 6.92 Å². The summed E-state index contributed by atoms with van der Waals surface area (Å²) in [6, 6.07) is 0. The monoisotopic (exact) mass is 349 g/mol. The first kappa shape index (κ1) is 19.1. The minimum absolute atomic E-state index is 0.133. The molecule has 5 nitrogen and oxygen atoms in total. The van der Waals surface area contributed by atoms with Crippen LogP contribution in [0.5, 0.6) is 0 Å². The van der Waals surface area contributed by atoms with Crippen LogP contribution in [-0.4, -0.2) is 48.1 Å². The van der Waals surface area contributed by atoms with Gasteiger partial charge in [-0.15, -0.1) is 0 Å². The van der Waals surface area contributed by atoms with Gasteiger partial charge in [-0.1, -0.05) is 26.2 Å². The van der Waals surface area contributed by atoms with Crippen molar-refractivity contribution in [3.8, 4) is 0 Å². The van der Waals surface area contributed by atoms with E-state index >= 15 is 0 Å². The molecule has 1 N–H and O–H groups in total. The molecule has 1 fully saturated rings. The normalized spacial score (nSPS) is 18.6. The zero-order valence-corrected chi connectivity index (χ0v) is 12.9. The molecule has 22 heavy (non-hydrogen) atoms. The molecule has 0 aromatic rings. The summed E-state index contributed by atoms with van der Waals surface area (Å²) in [6.07, 6.45) is 0.962. The molecule has 10 heteroatoms. The Morgan fingerprint density at radius 2 is 1.68 bits per heavy atom. The maximum Gasteiger partial charge on any atom is 0.421 e. The third-order valence-electron chi connectivity index (χ3n) is 3.83. The Kier molecular flexibility index (Phi) is 5.82. The van der Waals surface area contributed by atoms with Gasteiger partial charge in [0.15, 0.2) is 0 Å². The summed E-state index contributed by atoms with van der Waals surface area (Å²) in [7, 11) is -5.78. The van der Waals surface area contributed by atoms with Crippen LogP contribution in [0.1, 0.15) is 39.0 Å². The van der Waals surface area contributed by atoms with Crippen molar-refractivity contribution in [3.05, 3.63) is 0 Å². The van der Waals surface area contributed by atoms with E-state index in [9.17, 15) is 30.8 Å². The minimum atomic E-state index is -5.78. The summed E-state index contributed by atoms with van der Waals surface area (Å²) < 4.78 is 79.9. The van der Waals surface area contributed by atoms with Crippen molar-refractivity contribution < 1.29 is 35.9 Å². The number of halogens is 4. The first-order chi connectivity index (χ1) is 9.98. The summed E-state index contributed by atoms with van der Waals surface area (Å²) in [4.78, 5) is 10.6. The summed E-state index contributed by atoms with van der Waals surface area (Å²) in [5.41, 5.74) is 0. The first-order valence-electron chi connectivity index (χ1n) is 6.95. The topological polar surface area (TPSA) is 74.7 Å². The SMILES string of the molecule is CCN(CC(=O)O)S(=O)(=O)C(F)(F)C(F)(F)C1CCCCC1. The quantitative estimate of drug-likeness (QED) is 0.717. The lowest BCUT2D eigenvalue weighted by molar-refractivity contribution is -0.197. The molecule has 1 saturated carbocycles. The minimum Gasteiger partial charge on any atom is -0.480 e. The van der Waals surface area contributed by atoms with E-state index in [1.54, 1.807) is 0 Å². The molecule has 0 radical (unpaired) electrons. The van der Waals surface area contributed by atoms with E-state index in [1.165, 1.54) is 0 Å². The van der Waals surface area contributed by atoms with E-state index in [4.69, 9.17) is 5.11 Å². The number of rotatable bonds is 7. The highest BCUT2D eigenvalue weighted by atomic mass is 32.2. The highest BCUT2D eigenvalue weighted by Gasteiger charge is 2.69. The van der Waals surface area contributed by atoms with Crippen molar-refractivity contribution >= 4 is 16.0 Å². The average Bonchev–Trinajstić information content (AvgIpc) is 2.44.